The average Bonchev–Trinajstić information content (AvgIpc) is 3.24. The van der Waals surface area contributed by atoms with E-state index in [1.165, 1.54) is 16.9 Å². The van der Waals surface area contributed by atoms with Crippen molar-refractivity contribution in [3.8, 4) is 5.75 Å². The Bertz CT molecular complexity index is 826. The summed E-state index contributed by atoms with van der Waals surface area (Å²) in [6.45, 7) is 9.21. The normalized spacial score (nSPS) is 15.7. The summed E-state index contributed by atoms with van der Waals surface area (Å²) in [6, 6.07) is 16.5. The lowest BCUT2D eigenvalue weighted by molar-refractivity contribution is 0.239. The van der Waals surface area contributed by atoms with Gasteiger partial charge in [0.1, 0.15) is 5.75 Å². The zero-order valence-corrected chi connectivity index (χ0v) is 18.4. The van der Waals surface area contributed by atoms with Crippen molar-refractivity contribution in [2.75, 3.05) is 56.2 Å². The lowest BCUT2D eigenvalue weighted by Crippen LogP contribution is -2.42. The molecule has 1 unspecified atom stereocenters. The number of hydrogen-bond donors (Lipinski definition) is 2. The number of methoxy groups -OCH3 is 1. The van der Waals surface area contributed by atoms with Crippen molar-refractivity contribution in [2.24, 2.45) is 5.92 Å². The third-order valence-electron chi connectivity index (χ3n) is 5.67. The summed E-state index contributed by atoms with van der Waals surface area (Å²) in [6.07, 6.45) is 1.08. The number of amides is 2. The van der Waals surface area contributed by atoms with Crippen LogP contribution in [-0.4, -0.2) is 52.4 Å². The molecule has 2 N–H and O–H groups in total. The maximum Gasteiger partial charge on any atom is 0.314 e. The highest BCUT2D eigenvalue weighted by Gasteiger charge is 2.23. The van der Waals surface area contributed by atoms with Crippen molar-refractivity contribution < 1.29 is 9.53 Å². The highest BCUT2D eigenvalue weighted by molar-refractivity contribution is 5.73. The lowest BCUT2D eigenvalue weighted by Gasteiger charge is -2.24. The largest absolute Gasteiger partial charge is 0.497 e. The minimum absolute atomic E-state index is 0.0878. The second kappa shape index (κ2) is 10.8. The fraction of sp³-hybridized carbons (Fsp3) is 0.458. The van der Waals surface area contributed by atoms with Crippen molar-refractivity contribution in [1.29, 1.82) is 0 Å². The molecule has 0 spiro atoms. The molecule has 6 nitrogen and oxygen atoms in total. The van der Waals surface area contributed by atoms with Gasteiger partial charge in [0.15, 0.2) is 0 Å². The van der Waals surface area contributed by atoms with Gasteiger partial charge in [-0.1, -0.05) is 18.2 Å². The molecule has 3 rings (SSSR count). The van der Waals surface area contributed by atoms with Crippen LogP contribution in [0.3, 0.4) is 0 Å². The zero-order chi connectivity index (χ0) is 21.3. The molecule has 2 aromatic rings. The molecule has 1 aliphatic heterocycles. The van der Waals surface area contributed by atoms with Crippen molar-refractivity contribution in [1.82, 2.24) is 10.6 Å². The predicted molar refractivity (Wildman–Crippen MR) is 124 cm³/mol. The molecule has 0 saturated carbocycles. The SMILES string of the molecule is CCN(CCNC(=O)NCC1CCN(c2cccc(OC)c2)C1)c1cccc(C)c1. The van der Waals surface area contributed by atoms with E-state index in [1.54, 1.807) is 7.11 Å². The van der Waals surface area contributed by atoms with Gasteiger partial charge in [0, 0.05) is 56.7 Å². The van der Waals surface area contributed by atoms with Crippen LogP contribution in [0, 0.1) is 12.8 Å². The van der Waals surface area contributed by atoms with Gasteiger partial charge in [-0.05, 0) is 56.0 Å². The second-order valence-electron chi connectivity index (χ2n) is 7.86. The summed E-state index contributed by atoms with van der Waals surface area (Å²) in [5.74, 6) is 1.33. The van der Waals surface area contributed by atoms with Gasteiger partial charge in [-0.15, -0.1) is 0 Å². The molecule has 2 aromatic carbocycles. The van der Waals surface area contributed by atoms with E-state index >= 15 is 0 Å². The molecule has 0 bridgehead atoms. The number of carbonyl (C=O) groups is 1. The molecule has 2 amide bonds. The molecule has 6 heteroatoms. The highest BCUT2D eigenvalue weighted by Crippen LogP contribution is 2.26. The van der Waals surface area contributed by atoms with E-state index in [0.29, 0.717) is 19.0 Å². The minimum atomic E-state index is -0.0878. The Morgan fingerprint density at radius 1 is 1.20 bits per heavy atom. The fourth-order valence-electron chi connectivity index (χ4n) is 3.94. The number of rotatable bonds is 9. The third-order valence-corrected chi connectivity index (χ3v) is 5.67. The van der Waals surface area contributed by atoms with Crippen LogP contribution in [0.25, 0.3) is 0 Å². The number of likely N-dealkylation sites (N-methyl/N-ethyl adjacent to an activating group) is 1. The molecular formula is C24H34N4O2. The number of anilines is 2. The molecule has 30 heavy (non-hydrogen) atoms. The summed E-state index contributed by atoms with van der Waals surface area (Å²) in [4.78, 5) is 16.9. The van der Waals surface area contributed by atoms with Gasteiger partial charge >= 0.3 is 6.03 Å². The average molecular weight is 411 g/mol. The lowest BCUT2D eigenvalue weighted by atomic mass is 10.1. The van der Waals surface area contributed by atoms with Crippen LogP contribution in [0.15, 0.2) is 48.5 Å². The molecule has 1 heterocycles. The maximum atomic E-state index is 12.2. The van der Waals surface area contributed by atoms with Crippen LogP contribution in [-0.2, 0) is 0 Å². The van der Waals surface area contributed by atoms with E-state index in [9.17, 15) is 4.79 Å². The van der Waals surface area contributed by atoms with Crippen LogP contribution < -0.4 is 25.2 Å². The van der Waals surface area contributed by atoms with Crippen LogP contribution in [0.4, 0.5) is 16.2 Å². The quantitative estimate of drug-likeness (QED) is 0.663. The monoisotopic (exact) mass is 410 g/mol. The number of ether oxygens (including phenoxy) is 1. The van der Waals surface area contributed by atoms with Crippen molar-refractivity contribution in [3.05, 3.63) is 54.1 Å². The van der Waals surface area contributed by atoms with Crippen molar-refractivity contribution in [2.45, 2.75) is 20.3 Å². The number of nitrogens with zero attached hydrogens (tertiary/aromatic N) is 2. The van der Waals surface area contributed by atoms with E-state index < -0.39 is 0 Å². The summed E-state index contributed by atoms with van der Waals surface area (Å²) >= 11 is 0. The molecule has 1 saturated heterocycles. The number of hydrogen-bond acceptors (Lipinski definition) is 4. The Kier molecular flexibility index (Phi) is 7.82. The standard InChI is InChI=1S/C24H34N4O2/c1-4-27(21-8-5-7-19(2)15-21)14-12-25-24(29)26-17-20-11-13-28(18-20)22-9-6-10-23(16-22)30-3/h5-10,15-16,20H,4,11-14,17-18H2,1-3H3,(H2,25,26,29). The second-order valence-corrected chi connectivity index (χ2v) is 7.86. The zero-order valence-electron chi connectivity index (χ0n) is 18.4. The van der Waals surface area contributed by atoms with Crippen molar-refractivity contribution >= 4 is 17.4 Å². The fourth-order valence-corrected chi connectivity index (χ4v) is 3.94. The highest BCUT2D eigenvalue weighted by atomic mass is 16.5. The first-order valence-electron chi connectivity index (χ1n) is 10.8. The van der Waals surface area contributed by atoms with E-state index in [1.807, 2.05) is 12.1 Å². The predicted octanol–water partition coefficient (Wildman–Crippen LogP) is 3.66. The molecular weight excluding hydrogens is 376 g/mol. The summed E-state index contributed by atoms with van der Waals surface area (Å²) < 4.78 is 5.32. The Labute approximate surface area is 180 Å². The van der Waals surface area contributed by atoms with Gasteiger partial charge in [0.2, 0.25) is 0 Å². The summed E-state index contributed by atoms with van der Waals surface area (Å²) in [7, 11) is 1.69. The van der Waals surface area contributed by atoms with Gasteiger partial charge in [0.25, 0.3) is 0 Å². The number of nitrogens with one attached hydrogen (secondary N) is 2. The van der Waals surface area contributed by atoms with E-state index in [-0.39, 0.29) is 6.03 Å². The van der Waals surface area contributed by atoms with Crippen LogP contribution in [0.2, 0.25) is 0 Å². The molecule has 0 aromatic heterocycles. The Morgan fingerprint density at radius 2 is 2.03 bits per heavy atom. The first kappa shape index (κ1) is 21.8. The van der Waals surface area contributed by atoms with Crippen molar-refractivity contribution in [3.63, 3.8) is 0 Å². The van der Waals surface area contributed by atoms with Gasteiger partial charge in [-0.25, -0.2) is 4.79 Å². The maximum absolute atomic E-state index is 12.2. The first-order chi connectivity index (χ1) is 14.6. The number of urea groups is 1. The molecule has 1 atom stereocenters. The topological polar surface area (TPSA) is 56.8 Å². The van der Waals surface area contributed by atoms with Gasteiger partial charge in [-0.2, -0.15) is 0 Å². The molecule has 162 valence electrons. The Hall–Kier alpha value is -2.89. The van der Waals surface area contributed by atoms with Crippen LogP contribution in [0.5, 0.6) is 5.75 Å². The van der Waals surface area contributed by atoms with Crippen LogP contribution in [0.1, 0.15) is 18.9 Å². The number of carbonyl (C=O) groups excluding carboxylic acids is 1. The Balaban J connectivity index is 1.37. The number of benzene rings is 2. The van der Waals surface area contributed by atoms with Crippen LogP contribution >= 0.6 is 0 Å². The van der Waals surface area contributed by atoms with E-state index in [0.717, 1.165) is 38.3 Å². The van der Waals surface area contributed by atoms with Gasteiger partial charge in [-0.3, -0.25) is 0 Å². The van der Waals surface area contributed by atoms with E-state index in [4.69, 9.17) is 4.74 Å². The van der Waals surface area contributed by atoms with Gasteiger partial charge < -0.3 is 25.2 Å². The molecule has 1 fully saturated rings. The number of aryl methyl sites for hydroxylation is 1. The molecule has 0 radical (unpaired) electrons. The molecule has 0 aliphatic carbocycles. The summed E-state index contributed by atoms with van der Waals surface area (Å²) in [5.41, 5.74) is 3.62. The van der Waals surface area contributed by atoms with E-state index in [2.05, 4.69) is 70.7 Å². The first-order valence-corrected chi connectivity index (χ1v) is 10.8. The van der Waals surface area contributed by atoms with Gasteiger partial charge in [0.05, 0.1) is 7.11 Å². The third kappa shape index (κ3) is 6.05. The molecule has 1 aliphatic rings. The minimum Gasteiger partial charge on any atom is -0.497 e. The summed E-state index contributed by atoms with van der Waals surface area (Å²) in [5, 5.41) is 6.03. The smallest absolute Gasteiger partial charge is 0.314 e. The Morgan fingerprint density at radius 3 is 2.80 bits per heavy atom.